The SMILES string of the molecule is O=S(=O)(Cc1ccccc1F)Nc1ccc(Br)cc1F. The Morgan fingerprint density at radius 3 is 2.40 bits per heavy atom. The van der Waals surface area contributed by atoms with Crippen LogP contribution in [-0.4, -0.2) is 8.42 Å². The Hall–Kier alpha value is -1.47. The van der Waals surface area contributed by atoms with Gasteiger partial charge in [0, 0.05) is 10.0 Å². The zero-order valence-electron chi connectivity index (χ0n) is 10.1. The first-order chi connectivity index (χ1) is 9.37. The molecule has 0 spiro atoms. The minimum atomic E-state index is -3.89. The molecule has 0 aliphatic carbocycles. The number of anilines is 1. The van der Waals surface area contributed by atoms with E-state index in [9.17, 15) is 17.2 Å². The van der Waals surface area contributed by atoms with Crippen molar-refractivity contribution < 1.29 is 17.2 Å². The monoisotopic (exact) mass is 361 g/mol. The highest BCUT2D eigenvalue weighted by Gasteiger charge is 2.16. The van der Waals surface area contributed by atoms with Gasteiger partial charge in [-0.25, -0.2) is 17.2 Å². The second-order valence-corrected chi connectivity index (χ2v) is 6.71. The number of hydrogen-bond acceptors (Lipinski definition) is 2. The maximum atomic E-state index is 13.6. The summed E-state index contributed by atoms with van der Waals surface area (Å²) in [5.74, 6) is -1.89. The van der Waals surface area contributed by atoms with Crippen LogP contribution in [0.2, 0.25) is 0 Å². The molecule has 7 heteroatoms. The minimum absolute atomic E-state index is 0.0255. The smallest absolute Gasteiger partial charge is 0.237 e. The van der Waals surface area contributed by atoms with E-state index < -0.39 is 27.4 Å². The highest BCUT2D eigenvalue weighted by atomic mass is 79.9. The molecule has 106 valence electrons. The molecule has 20 heavy (non-hydrogen) atoms. The Balaban J connectivity index is 2.22. The van der Waals surface area contributed by atoms with Gasteiger partial charge in [-0.3, -0.25) is 4.72 Å². The minimum Gasteiger partial charge on any atom is -0.280 e. The Morgan fingerprint density at radius 2 is 1.75 bits per heavy atom. The van der Waals surface area contributed by atoms with E-state index in [1.165, 1.54) is 36.4 Å². The summed E-state index contributed by atoms with van der Waals surface area (Å²) in [6, 6.07) is 9.47. The van der Waals surface area contributed by atoms with Crippen molar-refractivity contribution in [2.45, 2.75) is 5.75 Å². The van der Waals surface area contributed by atoms with Crippen LogP contribution in [0.1, 0.15) is 5.56 Å². The van der Waals surface area contributed by atoms with Crippen molar-refractivity contribution in [1.82, 2.24) is 0 Å². The third-order valence-corrected chi connectivity index (χ3v) is 4.22. The predicted molar refractivity (Wildman–Crippen MR) is 76.7 cm³/mol. The molecule has 0 aliphatic rings. The number of hydrogen-bond donors (Lipinski definition) is 1. The molecule has 0 heterocycles. The van der Waals surface area contributed by atoms with E-state index in [1.807, 2.05) is 0 Å². The van der Waals surface area contributed by atoms with Crippen molar-refractivity contribution >= 4 is 31.6 Å². The number of benzene rings is 2. The molecule has 0 saturated heterocycles. The number of rotatable bonds is 4. The fourth-order valence-electron chi connectivity index (χ4n) is 1.60. The predicted octanol–water partition coefficient (Wildman–Crippen LogP) is 3.67. The molecule has 0 radical (unpaired) electrons. The lowest BCUT2D eigenvalue weighted by atomic mass is 10.2. The molecule has 0 bridgehead atoms. The molecule has 1 N–H and O–H groups in total. The molecule has 0 aromatic heterocycles. The maximum absolute atomic E-state index is 13.6. The summed E-state index contributed by atoms with van der Waals surface area (Å²) in [4.78, 5) is 0. The summed E-state index contributed by atoms with van der Waals surface area (Å²) in [6.45, 7) is 0. The topological polar surface area (TPSA) is 46.2 Å². The summed E-state index contributed by atoms with van der Waals surface area (Å²) >= 11 is 3.07. The summed E-state index contributed by atoms with van der Waals surface area (Å²) < 4.78 is 53.4. The van der Waals surface area contributed by atoms with Gasteiger partial charge in [0.15, 0.2) is 0 Å². The van der Waals surface area contributed by atoms with Crippen molar-refractivity contribution in [3.8, 4) is 0 Å². The standard InChI is InChI=1S/C13H10BrF2NO2S/c14-10-5-6-13(12(16)7-10)17-20(18,19)8-9-3-1-2-4-11(9)15/h1-7,17H,8H2. The van der Waals surface area contributed by atoms with Crippen LogP contribution in [0.3, 0.4) is 0 Å². The van der Waals surface area contributed by atoms with Gasteiger partial charge in [-0.15, -0.1) is 0 Å². The number of nitrogens with one attached hydrogen (secondary N) is 1. The molecule has 0 unspecified atom stereocenters. The maximum Gasteiger partial charge on any atom is 0.237 e. The lowest BCUT2D eigenvalue weighted by Gasteiger charge is -2.09. The van der Waals surface area contributed by atoms with Gasteiger partial charge in [0.05, 0.1) is 11.4 Å². The quantitative estimate of drug-likeness (QED) is 0.902. The van der Waals surface area contributed by atoms with E-state index in [0.29, 0.717) is 4.47 Å². The molecule has 0 atom stereocenters. The highest BCUT2D eigenvalue weighted by Crippen LogP contribution is 2.21. The molecule has 2 aromatic rings. The zero-order valence-corrected chi connectivity index (χ0v) is 12.5. The Morgan fingerprint density at radius 1 is 1.05 bits per heavy atom. The lowest BCUT2D eigenvalue weighted by Crippen LogP contribution is -2.16. The van der Waals surface area contributed by atoms with Gasteiger partial charge >= 0.3 is 0 Å². The average Bonchev–Trinajstić information content (AvgIpc) is 2.35. The lowest BCUT2D eigenvalue weighted by molar-refractivity contribution is 0.589. The number of halogens is 3. The molecule has 2 rings (SSSR count). The molecule has 0 saturated carbocycles. The second-order valence-electron chi connectivity index (χ2n) is 4.08. The summed E-state index contributed by atoms with van der Waals surface area (Å²) in [7, 11) is -3.89. The molecule has 0 amide bonds. The van der Waals surface area contributed by atoms with Crippen LogP contribution in [-0.2, 0) is 15.8 Å². The Kier molecular flexibility index (Phi) is 4.39. The third-order valence-electron chi connectivity index (χ3n) is 2.50. The van der Waals surface area contributed by atoms with E-state index in [2.05, 4.69) is 20.7 Å². The molecule has 0 fully saturated rings. The molecular weight excluding hydrogens is 352 g/mol. The van der Waals surface area contributed by atoms with Crippen LogP contribution in [0.15, 0.2) is 46.9 Å². The van der Waals surface area contributed by atoms with Crippen LogP contribution in [0.5, 0.6) is 0 Å². The number of sulfonamides is 1. The fourth-order valence-corrected chi connectivity index (χ4v) is 3.15. The average molecular weight is 362 g/mol. The first-order valence-electron chi connectivity index (χ1n) is 5.56. The van der Waals surface area contributed by atoms with Crippen LogP contribution in [0, 0.1) is 11.6 Å². The van der Waals surface area contributed by atoms with Gasteiger partial charge in [0.1, 0.15) is 11.6 Å². The van der Waals surface area contributed by atoms with Crippen LogP contribution in [0.4, 0.5) is 14.5 Å². The summed E-state index contributed by atoms with van der Waals surface area (Å²) in [5, 5.41) is 0. The van der Waals surface area contributed by atoms with E-state index in [1.54, 1.807) is 0 Å². The molecule has 0 aliphatic heterocycles. The first-order valence-corrected chi connectivity index (χ1v) is 8.01. The Labute approximate surface area is 123 Å². The summed E-state index contributed by atoms with van der Waals surface area (Å²) in [6.07, 6.45) is 0. The van der Waals surface area contributed by atoms with Crippen LogP contribution in [0.25, 0.3) is 0 Å². The van der Waals surface area contributed by atoms with Gasteiger partial charge in [0.25, 0.3) is 0 Å². The Bertz CT molecular complexity index is 735. The van der Waals surface area contributed by atoms with Gasteiger partial charge in [-0.05, 0) is 24.3 Å². The third kappa shape index (κ3) is 3.77. The van der Waals surface area contributed by atoms with E-state index in [-0.39, 0.29) is 11.3 Å². The zero-order chi connectivity index (χ0) is 14.8. The highest BCUT2D eigenvalue weighted by molar-refractivity contribution is 9.10. The molecule has 3 nitrogen and oxygen atoms in total. The van der Waals surface area contributed by atoms with E-state index in [4.69, 9.17) is 0 Å². The van der Waals surface area contributed by atoms with Gasteiger partial charge < -0.3 is 0 Å². The molecular formula is C13H10BrF2NO2S. The normalized spacial score (nSPS) is 11.3. The van der Waals surface area contributed by atoms with E-state index >= 15 is 0 Å². The van der Waals surface area contributed by atoms with Crippen molar-refractivity contribution in [1.29, 1.82) is 0 Å². The largest absolute Gasteiger partial charge is 0.280 e. The van der Waals surface area contributed by atoms with Crippen molar-refractivity contribution in [3.63, 3.8) is 0 Å². The van der Waals surface area contributed by atoms with Crippen molar-refractivity contribution in [2.24, 2.45) is 0 Å². The fraction of sp³-hybridized carbons (Fsp3) is 0.0769. The van der Waals surface area contributed by atoms with Gasteiger partial charge in [-0.2, -0.15) is 0 Å². The van der Waals surface area contributed by atoms with Crippen LogP contribution >= 0.6 is 15.9 Å². The van der Waals surface area contributed by atoms with Crippen molar-refractivity contribution in [2.75, 3.05) is 4.72 Å². The first kappa shape index (κ1) is 14.9. The van der Waals surface area contributed by atoms with Crippen LogP contribution < -0.4 is 4.72 Å². The van der Waals surface area contributed by atoms with Gasteiger partial charge in [-0.1, -0.05) is 34.1 Å². The second kappa shape index (κ2) is 5.88. The molecule has 2 aromatic carbocycles. The van der Waals surface area contributed by atoms with Crippen molar-refractivity contribution in [3.05, 3.63) is 64.1 Å². The van der Waals surface area contributed by atoms with E-state index in [0.717, 1.165) is 6.07 Å². The summed E-state index contributed by atoms with van der Waals surface area (Å²) in [5.41, 5.74) is -0.151. The van der Waals surface area contributed by atoms with Gasteiger partial charge in [0.2, 0.25) is 10.0 Å².